The lowest BCUT2D eigenvalue weighted by Gasteiger charge is -2.10. The molecule has 0 spiro atoms. The van der Waals surface area contributed by atoms with Gasteiger partial charge in [-0.3, -0.25) is 28.6 Å². The highest BCUT2D eigenvalue weighted by molar-refractivity contribution is 7.79. The van der Waals surface area contributed by atoms with E-state index in [1.165, 1.54) is 12.1 Å². The van der Waals surface area contributed by atoms with Crippen LogP contribution >= 0.6 is 0 Å². The molecule has 0 amide bonds. The Morgan fingerprint density at radius 1 is 0.760 bits per heavy atom. The Morgan fingerprint density at radius 2 is 1.12 bits per heavy atom. The number of nitro benzene ring substituents is 2. The van der Waals surface area contributed by atoms with Crippen LogP contribution in [0.25, 0.3) is 11.1 Å². The van der Waals surface area contributed by atoms with E-state index in [1.807, 2.05) is 0 Å². The molecular weight excluding hydrogens is 376 g/mol. The Bertz CT molecular complexity index is 925. The van der Waals surface area contributed by atoms with Gasteiger partial charge in [0.2, 0.25) is 0 Å². The van der Waals surface area contributed by atoms with Gasteiger partial charge >= 0.3 is 0 Å². The molecule has 25 heavy (non-hydrogen) atoms. The largest absolute Gasteiger partial charge is 0.768 e. The first-order valence-electron chi connectivity index (χ1n) is 6.52. The number of benzene rings is 2. The summed E-state index contributed by atoms with van der Waals surface area (Å²) >= 11 is -5.45. The number of rotatable bonds is 4. The zero-order valence-corrected chi connectivity index (χ0v) is 13.6. The van der Waals surface area contributed by atoms with Crippen LogP contribution in [0, 0.1) is 20.2 Å². The van der Waals surface area contributed by atoms with Gasteiger partial charge in [0.05, 0.1) is 21.0 Å². The second-order valence-corrected chi connectivity index (χ2v) is 7.00. The van der Waals surface area contributed by atoms with Crippen molar-refractivity contribution >= 4 is 33.5 Å². The van der Waals surface area contributed by atoms with Crippen molar-refractivity contribution in [3.05, 3.63) is 55.6 Å². The third-order valence-electron chi connectivity index (χ3n) is 3.75. The molecule has 0 saturated heterocycles. The van der Waals surface area contributed by atoms with Crippen LogP contribution in [0.5, 0.6) is 0 Å². The molecule has 12 heteroatoms. The molecule has 0 bridgehead atoms. The molecule has 2 aromatic carbocycles. The van der Waals surface area contributed by atoms with Gasteiger partial charge in [0.15, 0.2) is 0 Å². The Hall–Kier alpha value is -2.54. The van der Waals surface area contributed by atoms with Crippen molar-refractivity contribution in [1.82, 2.24) is 0 Å². The summed E-state index contributed by atoms with van der Waals surface area (Å²) in [7, 11) is 0. The summed E-state index contributed by atoms with van der Waals surface area (Å²) < 4.78 is 44.6. The van der Waals surface area contributed by atoms with E-state index < -0.39 is 43.4 Å². The predicted molar refractivity (Wildman–Crippen MR) is 82.4 cm³/mol. The van der Waals surface area contributed by atoms with Crippen molar-refractivity contribution in [2.24, 2.45) is 0 Å². The van der Waals surface area contributed by atoms with E-state index in [2.05, 4.69) is 0 Å². The monoisotopic (exact) mass is 382 g/mol. The van der Waals surface area contributed by atoms with E-state index in [4.69, 9.17) is 0 Å². The molecule has 1 aliphatic carbocycles. The van der Waals surface area contributed by atoms with E-state index in [0.717, 1.165) is 12.1 Å². The molecule has 0 saturated carbocycles. The summed E-state index contributed by atoms with van der Waals surface area (Å²) in [6.07, 6.45) is -0.0531. The average Bonchev–Trinajstić information content (AvgIpc) is 2.90. The molecule has 2 aromatic rings. The van der Waals surface area contributed by atoms with E-state index in [-0.39, 0.29) is 38.5 Å². The topological polar surface area (TPSA) is 167 Å². The van der Waals surface area contributed by atoms with E-state index in [9.17, 15) is 37.8 Å². The first-order chi connectivity index (χ1) is 11.7. The van der Waals surface area contributed by atoms with Crippen LogP contribution in [-0.4, -0.2) is 27.4 Å². The van der Waals surface area contributed by atoms with Gasteiger partial charge in [0, 0.05) is 21.9 Å². The number of nitro groups is 2. The standard InChI is InChI=1S/C13H8N2O8S2/c16-14(17)10-4-8(24(20)21)2-6-1-7-3-9(25(22)23)5-11(15(18)19)13(7)12(6)10/h2-5H,1H2,(H,20,21)(H,22,23)/p-2. The van der Waals surface area contributed by atoms with Crippen LogP contribution < -0.4 is 0 Å². The Labute approximate surface area is 144 Å². The van der Waals surface area contributed by atoms with Crippen LogP contribution in [0.2, 0.25) is 0 Å². The van der Waals surface area contributed by atoms with Crippen molar-refractivity contribution in [1.29, 1.82) is 0 Å². The number of hydrogen-bond acceptors (Lipinski definition) is 8. The van der Waals surface area contributed by atoms with Crippen LogP contribution in [0.4, 0.5) is 11.4 Å². The van der Waals surface area contributed by atoms with Crippen molar-refractivity contribution in [3.63, 3.8) is 0 Å². The Balaban J connectivity index is 2.39. The number of nitrogens with zero attached hydrogens (tertiary/aromatic N) is 2. The van der Waals surface area contributed by atoms with Gasteiger partial charge in [-0.05, 0) is 51.8 Å². The van der Waals surface area contributed by atoms with Crippen LogP contribution in [0.3, 0.4) is 0 Å². The van der Waals surface area contributed by atoms with Crippen molar-refractivity contribution < 1.29 is 27.4 Å². The molecule has 10 nitrogen and oxygen atoms in total. The van der Waals surface area contributed by atoms with Gasteiger partial charge in [0.25, 0.3) is 11.4 Å². The molecule has 0 N–H and O–H groups in total. The molecule has 0 heterocycles. The third-order valence-corrected chi connectivity index (χ3v) is 5.00. The summed E-state index contributed by atoms with van der Waals surface area (Å²) in [5, 5.41) is 22.7. The van der Waals surface area contributed by atoms with Crippen molar-refractivity contribution in [2.45, 2.75) is 16.2 Å². The lowest BCUT2D eigenvalue weighted by Crippen LogP contribution is -2.00. The van der Waals surface area contributed by atoms with Crippen LogP contribution in [0.1, 0.15) is 11.1 Å². The molecule has 130 valence electrons. The predicted octanol–water partition coefficient (Wildman–Crippen LogP) is 1.55. The second kappa shape index (κ2) is 6.07. The smallest absolute Gasteiger partial charge is 0.278 e. The summed E-state index contributed by atoms with van der Waals surface area (Å²) in [4.78, 5) is 20.4. The van der Waals surface area contributed by atoms with Crippen molar-refractivity contribution in [3.8, 4) is 11.1 Å². The molecule has 0 aromatic heterocycles. The molecule has 0 radical (unpaired) electrons. The number of fused-ring (bicyclic) bond motifs is 3. The molecule has 2 atom stereocenters. The van der Waals surface area contributed by atoms with Gasteiger partial charge in [0.1, 0.15) is 0 Å². The van der Waals surface area contributed by atoms with Gasteiger partial charge in [-0.2, -0.15) is 0 Å². The molecule has 0 aliphatic heterocycles. The highest BCUT2D eigenvalue weighted by Crippen LogP contribution is 2.48. The Kier molecular flexibility index (Phi) is 4.20. The summed E-state index contributed by atoms with van der Waals surface area (Å²) in [5.74, 6) is 0. The van der Waals surface area contributed by atoms with Gasteiger partial charge in [-0.25, -0.2) is 0 Å². The summed E-state index contributed by atoms with van der Waals surface area (Å²) in [6.45, 7) is 0. The maximum atomic E-state index is 11.3. The lowest BCUT2D eigenvalue weighted by atomic mass is 10.0. The second-order valence-electron chi connectivity index (χ2n) is 5.11. The minimum Gasteiger partial charge on any atom is -0.768 e. The highest BCUT2D eigenvalue weighted by atomic mass is 32.2. The Morgan fingerprint density at radius 3 is 1.40 bits per heavy atom. The maximum Gasteiger partial charge on any atom is 0.278 e. The quantitative estimate of drug-likeness (QED) is 0.372. The fraction of sp³-hybridized carbons (Fsp3) is 0.0769. The van der Waals surface area contributed by atoms with Crippen molar-refractivity contribution in [2.75, 3.05) is 0 Å². The molecule has 2 unspecified atom stereocenters. The zero-order chi connectivity index (χ0) is 18.5. The first-order valence-corrected chi connectivity index (χ1v) is 8.67. The van der Waals surface area contributed by atoms with E-state index in [0.29, 0.717) is 0 Å². The fourth-order valence-corrected chi connectivity index (χ4v) is 3.75. The third kappa shape index (κ3) is 2.84. The first kappa shape index (κ1) is 17.3. The minimum absolute atomic E-state index is 0.0531. The highest BCUT2D eigenvalue weighted by Gasteiger charge is 2.34. The lowest BCUT2D eigenvalue weighted by molar-refractivity contribution is -0.386. The summed E-state index contributed by atoms with van der Waals surface area (Å²) in [5.41, 5.74) is -0.891. The van der Waals surface area contributed by atoms with Gasteiger partial charge in [-0.15, -0.1) is 0 Å². The molecular formula is C13H6N2O8S2-2. The van der Waals surface area contributed by atoms with Crippen LogP contribution in [0.15, 0.2) is 34.1 Å². The van der Waals surface area contributed by atoms with Gasteiger partial charge in [-0.1, -0.05) is 0 Å². The SMILES string of the molecule is O=[N+]([O-])c1cc(S(=O)[O-])cc2c1-c1c(cc(S(=O)[O-])cc1[N+](=O)[O-])C2. The number of hydrogen-bond donors (Lipinski definition) is 0. The maximum absolute atomic E-state index is 11.3. The average molecular weight is 382 g/mol. The molecule has 3 rings (SSSR count). The van der Waals surface area contributed by atoms with E-state index >= 15 is 0 Å². The molecule has 0 fully saturated rings. The summed E-state index contributed by atoms with van der Waals surface area (Å²) in [6, 6.07) is 4.01. The zero-order valence-electron chi connectivity index (χ0n) is 12.0. The fourth-order valence-electron chi connectivity index (χ4n) is 2.86. The normalized spacial score (nSPS) is 14.5. The van der Waals surface area contributed by atoms with E-state index in [1.54, 1.807) is 0 Å². The molecule has 1 aliphatic rings. The minimum atomic E-state index is -2.73. The van der Waals surface area contributed by atoms with Crippen LogP contribution in [-0.2, 0) is 28.6 Å². The van der Waals surface area contributed by atoms with Gasteiger partial charge < -0.3 is 9.11 Å².